The van der Waals surface area contributed by atoms with Crippen molar-refractivity contribution in [2.45, 2.75) is 38.7 Å². The molecule has 0 atom stereocenters. The molecule has 0 saturated carbocycles. The van der Waals surface area contributed by atoms with E-state index in [4.69, 9.17) is 4.74 Å². The van der Waals surface area contributed by atoms with Crippen molar-refractivity contribution in [3.05, 3.63) is 39.0 Å². The van der Waals surface area contributed by atoms with Gasteiger partial charge < -0.3 is 10.1 Å². The van der Waals surface area contributed by atoms with E-state index in [1.54, 1.807) is 32.0 Å². The van der Waals surface area contributed by atoms with Crippen LogP contribution in [0.1, 0.15) is 37.4 Å². The van der Waals surface area contributed by atoms with Crippen molar-refractivity contribution in [3.8, 4) is 5.75 Å². The highest BCUT2D eigenvalue weighted by Crippen LogP contribution is 2.31. The second-order valence-electron chi connectivity index (χ2n) is 5.97. The summed E-state index contributed by atoms with van der Waals surface area (Å²) in [6.45, 7) is 8.04. The van der Waals surface area contributed by atoms with Gasteiger partial charge in [0.25, 0.3) is 5.91 Å². The number of anilines is 1. The molecule has 1 aromatic carbocycles. The van der Waals surface area contributed by atoms with Crippen molar-refractivity contribution in [2.24, 2.45) is 0 Å². The van der Waals surface area contributed by atoms with Crippen LogP contribution in [0.15, 0.2) is 39.0 Å². The zero-order valence-electron chi connectivity index (χ0n) is 15.7. The van der Waals surface area contributed by atoms with E-state index in [1.807, 2.05) is 13.8 Å². The van der Waals surface area contributed by atoms with E-state index in [1.165, 1.54) is 27.8 Å². The fourth-order valence-corrected chi connectivity index (χ4v) is 5.22. The molecule has 0 aliphatic carbocycles. The molecule has 1 amide bonds. The van der Waals surface area contributed by atoms with Gasteiger partial charge in [-0.05, 0) is 60.1 Å². The van der Waals surface area contributed by atoms with Crippen LogP contribution >= 0.6 is 27.3 Å². The Kier molecular flexibility index (Phi) is 7.44. The van der Waals surface area contributed by atoms with Gasteiger partial charge in [-0.1, -0.05) is 13.8 Å². The molecule has 0 aliphatic heterocycles. The summed E-state index contributed by atoms with van der Waals surface area (Å²) < 4.78 is 33.6. The third kappa shape index (κ3) is 5.31. The number of hydrogen-bond acceptors (Lipinski definition) is 5. The lowest BCUT2D eigenvalue weighted by Crippen LogP contribution is -2.30. The largest absolute Gasteiger partial charge is 0.489 e. The number of nitrogens with one attached hydrogen (secondary N) is 1. The summed E-state index contributed by atoms with van der Waals surface area (Å²) in [6.07, 6.45) is -0.123. The fourth-order valence-electron chi connectivity index (χ4n) is 2.46. The Labute approximate surface area is 172 Å². The van der Waals surface area contributed by atoms with Crippen molar-refractivity contribution in [3.63, 3.8) is 0 Å². The predicted octanol–water partition coefficient (Wildman–Crippen LogP) is 4.58. The number of ether oxygens (including phenoxy) is 1. The molecule has 1 aromatic heterocycles. The Bertz CT molecular complexity index is 906. The van der Waals surface area contributed by atoms with Gasteiger partial charge in [0.05, 0.1) is 25.4 Å². The number of rotatable bonds is 8. The summed E-state index contributed by atoms with van der Waals surface area (Å²) in [5.74, 6) is 0.101. The van der Waals surface area contributed by atoms with Gasteiger partial charge in [-0.2, -0.15) is 4.31 Å². The van der Waals surface area contributed by atoms with Gasteiger partial charge in [-0.15, -0.1) is 11.3 Å². The summed E-state index contributed by atoms with van der Waals surface area (Å²) in [7, 11) is -3.64. The van der Waals surface area contributed by atoms with Crippen molar-refractivity contribution in [1.82, 2.24) is 4.31 Å². The molecule has 0 aliphatic rings. The molecule has 1 heterocycles. The van der Waals surface area contributed by atoms with Gasteiger partial charge in [-0.25, -0.2) is 8.42 Å². The smallest absolute Gasteiger partial charge is 0.265 e. The number of benzene rings is 1. The minimum atomic E-state index is -3.64. The summed E-state index contributed by atoms with van der Waals surface area (Å²) in [5, 5.41) is 2.78. The monoisotopic (exact) mass is 474 g/mol. The van der Waals surface area contributed by atoms with Crippen LogP contribution in [0.2, 0.25) is 0 Å². The van der Waals surface area contributed by atoms with Crippen LogP contribution in [0.5, 0.6) is 5.75 Å². The molecule has 0 saturated heterocycles. The van der Waals surface area contributed by atoms with Crippen LogP contribution in [0.3, 0.4) is 0 Å². The van der Waals surface area contributed by atoms with E-state index < -0.39 is 10.0 Å². The molecule has 0 bridgehead atoms. The van der Waals surface area contributed by atoms with Gasteiger partial charge in [0.1, 0.15) is 5.75 Å². The fraction of sp³-hybridized carbons (Fsp3) is 0.389. The van der Waals surface area contributed by atoms with E-state index in [9.17, 15) is 13.2 Å². The summed E-state index contributed by atoms with van der Waals surface area (Å²) in [6, 6.07) is 8.01. The number of hydrogen-bond donors (Lipinski definition) is 1. The van der Waals surface area contributed by atoms with Crippen LogP contribution in [0.4, 0.5) is 5.69 Å². The average molecular weight is 475 g/mol. The second kappa shape index (κ2) is 9.18. The van der Waals surface area contributed by atoms with Gasteiger partial charge >= 0.3 is 0 Å². The SMILES string of the molecule is CCN(CC)S(=O)(=O)c1ccc(OC(C)C)c(NC(=O)c2ccc(Br)s2)c1. The number of carbonyl (C=O) groups is 1. The first-order chi connectivity index (χ1) is 12.7. The number of sulfonamides is 1. The van der Waals surface area contributed by atoms with Crippen LogP contribution in [0.25, 0.3) is 0 Å². The maximum atomic E-state index is 12.8. The zero-order chi connectivity index (χ0) is 20.2. The molecule has 0 spiro atoms. The van der Waals surface area contributed by atoms with Crippen molar-refractivity contribution in [2.75, 3.05) is 18.4 Å². The van der Waals surface area contributed by atoms with E-state index in [-0.39, 0.29) is 16.9 Å². The Balaban J connectivity index is 2.44. The standard InChI is InChI=1S/C18H23BrN2O4S2/c1-5-21(6-2)27(23,24)13-7-8-15(25-12(3)4)14(11-13)20-18(22)16-9-10-17(19)26-16/h7-12H,5-6H2,1-4H3,(H,20,22). The van der Waals surface area contributed by atoms with E-state index in [0.29, 0.717) is 29.4 Å². The first-order valence-corrected chi connectivity index (χ1v) is 11.6. The average Bonchev–Trinajstić information content (AvgIpc) is 3.03. The Morgan fingerprint density at radius 2 is 1.89 bits per heavy atom. The lowest BCUT2D eigenvalue weighted by Gasteiger charge is -2.20. The topological polar surface area (TPSA) is 75.7 Å². The van der Waals surface area contributed by atoms with E-state index in [2.05, 4.69) is 21.2 Å². The first kappa shape index (κ1) is 21.9. The van der Waals surface area contributed by atoms with Crippen LogP contribution < -0.4 is 10.1 Å². The zero-order valence-corrected chi connectivity index (χ0v) is 18.9. The normalized spacial score (nSPS) is 11.8. The Morgan fingerprint density at radius 1 is 1.22 bits per heavy atom. The minimum Gasteiger partial charge on any atom is -0.489 e. The lowest BCUT2D eigenvalue weighted by molar-refractivity contribution is 0.102. The van der Waals surface area contributed by atoms with E-state index in [0.717, 1.165) is 3.79 Å². The number of thiophene rings is 1. The number of carbonyl (C=O) groups excluding carboxylic acids is 1. The molecular weight excluding hydrogens is 452 g/mol. The van der Waals surface area contributed by atoms with Crippen LogP contribution in [0, 0.1) is 0 Å². The maximum Gasteiger partial charge on any atom is 0.265 e. The van der Waals surface area contributed by atoms with Gasteiger partial charge in [0, 0.05) is 13.1 Å². The third-order valence-corrected chi connectivity index (χ3v) is 7.37. The maximum absolute atomic E-state index is 12.8. The highest BCUT2D eigenvalue weighted by Gasteiger charge is 2.24. The van der Waals surface area contributed by atoms with Crippen molar-refractivity contribution in [1.29, 1.82) is 0 Å². The highest BCUT2D eigenvalue weighted by atomic mass is 79.9. The minimum absolute atomic E-state index is 0.116. The van der Waals surface area contributed by atoms with Crippen molar-refractivity contribution >= 4 is 48.9 Å². The predicted molar refractivity (Wildman–Crippen MR) is 112 cm³/mol. The molecule has 0 unspecified atom stereocenters. The summed E-state index contributed by atoms with van der Waals surface area (Å²) in [4.78, 5) is 13.2. The molecular formula is C18H23BrN2O4S2. The molecule has 9 heteroatoms. The molecule has 0 fully saturated rings. The molecule has 2 rings (SSSR count). The molecule has 0 radical (unpaired) electrons. The molecule has 148 valence electrons. The number of halogens is 1. The Hall–Kier alpha value is -1.42. The first-order valence-electron chi connectivity index (χ1n) is 8.56. The number of nitrogens with zero attached hydrogens (tertiary/aromatic N) is 1. The molecule has 27 heavy (non-hydrogen) atoms. The lowest BCUT2D eigenvalue weighted by atomic mass is 10.2. The van der Waals surface area contributed by atoms with Crippen LogP contribution in [-0.4, -0.2) is 37.8 Å². The van der Waals surface area contributed by atoms with Crippen LogP contribution in [-0.2, 0) is 10.0 Å². The Morgan fingerprint density at radius 3 is 2.41 bits per heavy atom. The second-order valence-corrected chi connectivity index (χ2v) is 10.4. The van der Waals surface area contributed by atoms with Crippen molar-refractivity contribution < 1.29 is 17.9 Å². The quantitative estimate of drug-likeness (QED) is 0.607. The molecule has 6 nitrogen and oxygen atoms in total. The van der Waals surface area contributed by atoms with Gasteiger partial charge in [0.2, 0.25) is 10.0 Å². The number of amides is 1. The highest BCUT2D eigenvalue weighted by molar-refractivity contribution is 9.11. The molecule has 2 aromatic rings. The van der Waals surface area contributed by atoms with E-state index >= 15 is 0 Å². The summed E-state index contributed by atoms with van der Waals surface area (Å²) >= 11 is 4.63. The summed E-state index contributed by atoms with van der Waals surface area (Å²) in [5.41, 5.74) is 0.325. The third-order valence-electron chi connectivity index (χ3n) is 3.70. The van der Waals surface area contributed by atoms with Gasteiger partial charge in [0.15, 0.2) is 0 Å². The molecule has 1 N–H and O–H groups in total. The van der Waals surface area contributed by atoms with Gasteiger partial charge in [-0.3, -0.25) is 4.79 Å².